The fraction of sp³-hybridized carbons (Fsp3) is 0.464. The Bertz CT molecular complexity index is 765. The number of nitrogens with one attached hydrogen (secondary N) is 1. The molecule has 0 fully saturated rings. The van der Waals surface area contributed by atoms with Crippen LogP contribution < -0.4 is 5.32 Å². The van der Waals surface area contributed by atoms with Crippen LogP contribution in [0.25, 0.3) is 0 Å². The Morgan fingerprint density at radius 1 is 0.758 bits per heavy atom. The minimum absolute atomic E-state index is 0.0367. The first kappa shape index (κ1) is 28.2. The molecule has 5 nitrogen and oxygen atoms in total. The molecule has 0 aliphatic carbocycles. The van der Waals surface area contributed by atoms with Gasteiger partial charge in [-0.25, -0.2) is 0 Å². The highest BCUT2D eigenvalue weighted by Gasteiger charge is 2.03. The van der Waals surface area contributed by atoms with E-state index in [2.05, 4.69) is 53.9 Å². The number of unbranched alkanes of at least 4 members (excludes halogenated alkanes) is 4. The van der Waals surface area contributed by atoms with Crippen LogP contribution in [-0.2, 0) is 11.2 Å². The molecule has 1 rings (SSSR count). The van der Waals surface area contributed by atoms with Gasteiger partial charge in [-0.05, 0) is 75.5 Å². The molecule has 0 heterocycles. The zero-order valence-corrected chi connectivity index (χ0v) is 19.8. The smallest absolute Gasteiger partial charge is 0.220 e. The van der Waals surface area contributed by atoms with Crippen LogP contribution in [0.1, 0.15) is 69.8 Å². The number of amides is 1. The lowest BCUT2D eigenvalue weighted by molar-refractivity contribution is -0.121. The van der Waals surface area contributed by atoms with Crippen molar-refractivity contribution in [3.63, 3.8) is 0 Å². The predicted octanol–water partition coefficient (Wildman–Crippen LogP) is 5.87. The van der Waals surface area contributed by atoms with Crippen LogP contribution in [0.5, 0.6) is 11.5 Å². The Hall–Kier alpha value is -2.79. The van der Waals surface area contributed by atoms with E-state index in [1.165, 1.54) is 12.1 Å². The van der Waals surface area contributed by atoms with Crippen molar-refractivity contribution in [3.05, 3.63) is 72.4 Å². The lowest BCUT2D eigenvalue weighted by atomic mass is 10.1. The third kappa shape index (κ3) is 16.5. The molecule has 0 aliphatic rings. The number of carbonyl (C=O) groups is 1. The zero-order valence-electron chi connectivity index (χ0n) is 19.8. The minimum atomic E-state index is -0.137. The number of phenols is 2. The Balaban J connectivity index is 1.96. The van der Waals surface area contributed by atoms with Crippen molar-refractivity contribution in [3.8, 4) is 11.5 Å². The number of aromatic hydroxyl groups is 2. The molecule has 0 aliphatic heterocycles. The fourth-order valence-electron chi connectivity index (χ4n) is 3.14. The monoisotopic (exact) mass is 455 g/mol. The number of aliphatic hydroxyl groups is 1. The number of carbonyl (C=O) groups excluding carboxylic acids is 1. The Morgan fingerprint density at radius 2 is 1.36 bits per heavy atom. The highest BCUT2D eigenvalue weighted by atomic mass is 16.3. The number of hydrogen-bond acceptors (Lipinski definition) is 4. The largest absolute Gasteiger partial charge is 0.504 e. The van der Waals surface area contributed by atoms with Crippen LogP contribution in [0, 0.1) is 0 Å². The number of rotatable bonds is 18. The van der Waals surface area contributed by atoms with Gasteiger partial charge >= 0.3 is 0 Å². The van der Waals surface area contributed by atoms with E-state index in [0.717, 1.165) is 63.4 Å². The first-order valence-electron chi connectivity index (χ1n) is 12.1. The second-order valence-electron chi connectivity index (χ2n) is 7.98. The molecule has 1 aromatic rings. The zero-order chi connectivity index (χ0) is 24.0. The summed E-state index contributed by atoms with van der Waals surface area (Å²) in [4.78, 5) is 11.9. The average molecular weight is 456 g/mol. The van der Waals surface area contributed by atoms with Crippen molar-refractivity contribution in [1.82, 2.24) is 5.32 Å². The molecule has 5 heteroatoms. The molecule has 0 radical (unpaired) electrons. The molecule has 4 N–H and O–H groups in total. The van der Waals surface area contributed by atoms with Crippen LogP contribution in [0.2, 0.25) is 0 Å². The van der Waals surface area contributed by atoms with Gasteiger partial charge in [0.1, 0.15) is 0 Å². The fourth-order valence-corrected chi connectivity index (χ4v) is 3.14. The summed E-state index contributed by atoms with van der Waals surface area (Å²) in [7, 11) is 0. The molecule has 182 valence electrons. The molecule has 0 spiro atoms. The van der Waals surface area contributed by atoms with Crippen LogP contribution in [0.4, 0.5) is 0 Å². The maximum atomic E-state index is 11.9. The van der Waals surface area contributed by atoms with Crippen LogP contribution in [0.15, 0.2) is 66.8 Å². The maximum absolute atomic E-state index is 11.9. The maximum Gasteiger partial charge on any atom is 0.220 e. The lowest BCUT2D eigenvalue weighted by Crippen LogP contribution is -2.25. The van der Waals surface area contributed by atoms with Gasteiger partial charge in [0, 0.05) is 19.6 Å². The summed E-state index contributed by atoms with van der Waals surface area (Å²) in [6.45, 7) is 0.813. The molecule has 0 saturated heterocycles. The second-order valence-corrected chi connectivity index (χ2v) is 7.98. The highest BCUT2D eigenvalue weighted by molar-refractivity contribution is 5.75. The van der Waals surface area contributed by atoms with Crippen LogP contribution in [-0.4, -0.2) is 34.4 Å². The van der Waals surface area contributed by atoms with Gasteiger partial charge < -0.3 is 20.6 Å². The molecule has 33 heavy (non-hydrogen) atoms. The van der Waals surface area contributed by atoms with Crippen molar-refractivity contribution >= 4 is 5.91 Å². The molecular weight excluding hydrogens is 414 g/mol. The van der Waals surface area contributed by atoms with Crippen LogP contribution in [0.3, 0.4) is 0 Å². The van der Waals surface area contributed by atoms with Gasteiger partial charge in [0.2, 0.25) is 5.91 Å². The first-order chi connectivity index (χ1) is 16.1. The standard InChI is InChI=1S/C28H41NO4/c30-23-17-15-13-11-9-7-5-3-1-2-4-6-8-10-12-14-16-18-28(33)29-22-21-25-19-20-26(31)27(32)24-25/h1,3-4,6-7,9-10,12,19-20,24,30-32H,2,5,8,11,13-18,21-23H2,(H,29,33)/b3-1-,6-4-,9-7-,12-10-. The van der Waals surface area contributed by atoms with Gasteiger partial charge in [-0.15, -0.1) is 0 Å². The summed E-state index contributed by atoms with van der Waals surface area (Å²) in [5, 5.41) is 30.4. The van der Waals surface area contributed by atoms with Gasteiger partial charge in [0.15, 0.2) is 11.5 Å². The van der Waals surface area contributed by atoms with Gasteiger partial charge in [-0.1, -0.05) is 61.1 Å². The summed E-state index contributed by atoms with van der Waals surface area (Å²) in [6.07, 6.45) is 27.3. The van der Waals surface area contributed by atoms with Crippen LogP contribution >= 0.6 is 0 Å². The molecule has 0 atom stereocenters. The van der Waals surface area contributed by atoms with E-state index in [4.69, 9.17) is 5.11 Å². The van der Waals surface area contributed by atoms with Gasteiger partial charge in [0.25, 0.3) is 0 Å². The summed E-state index contributed by atoms with van der Waals surface area (Å²) in [5.41, 5.74) is 0.871. The number of aliphatic hydroxyl groups excluding tert-OH is 1. The van der Waals surface area contributed by atoms with Crippen molar-refractivity contribution in [1.29, 1.82) is 0 Å². The molecule has 0 aromatic heterocycles. The van der Waals surface area contributed by atoms with E-state index in [0.29, 0.717) is 26.0 Å². The summed E-state index contributed by atoms with van der Waals surface area (Å²) in [6, 6.07) is 4.70. The number of phenolic OH excluding ortho intramolecular Hbond substituents is 2. The van der Waals surface area contributed by atoms with Gasteiger partial charge in [-0.3, -0.25) is 4.79 Å². The quantitative estimate of drug-likeness (QED) is 0.126. The minimum Gasteiger partial charge on any atom is -0.504 e. The number of allylic oxidation sites excluding steroid dienone is 8. The summed E-state index contributed by atoms with van der Waals surface area (Å²) < 4.78 is 0. The van der Waals surface area contributed by atoms with Gasteiger partial charge in [-0.2, -0.15) is 0 Å². The van der Waals surface area contributed by atoms with E-state index in [1.54, 1.807) is 6.07 Å². The third-order valence-corrected chi connectivity index (χ3v) is 5.06. The SMILES string of the molecule is O=C(CCC/C=C\C/C=C\C/C=C\C/C=C\CCCCCO)NCCc1ccc(O)c(O)c1. The topological polar surface area (TPSA) is 89.8 Å². The van der Waals surface area contributed by atoms with E-state index >= 15 is 0 Å². The van der Waals surface area contributed by atoms with E-state index in [-0.39, 0.29) is 17.4 Å². The Labute approximate surface area is 199 Å². The summed E-state index contributed by atoms with van der Waals surface area (Å²) >= 11 is 0. The van der Waals surface area contributed by atoms with Crippen molar-refractivity contribution in [2.24, 2.45) is 0 Å². The number of hydrogen-bond donors (Lipinski definition) is 4. The van der Waals surface area contributed by atoms with Crippen molar-refractivity contribution < 1.29 is 20.1 Å². The Morgan fingerprint density at radius 3 is 1.97 bits per heavy atom. The molecule has 0 unspecified atom stereocenters. The van der Waals surface area contributed by atoms with Crippen molar-refractivity contribution in [2.75, 3.05) is 13.2 Å². The molecular formula is C28H41NO4. The molecule has 0 bridgehead atoms. The van der Waals surface area contributed by atoms with E-state index in [9.17, 15) is 15.0 Å². The van der Waals surface area contributed by atoms with E-state index < -0.39 is 0 Å². The highest BCUT2D eigenvalue weighted by Crippen LogP contribution is 2.24. The van der Waals surface area contributed by atoms with Gasteiger partial charge in [0.05, 0.1) is 0 Å². The Kier molecular flexibility index (Phi) is 17.0. The predicted molar refractivity (Wildman–Crippen MR) is 136 cm³/mol. The first-order valence-corrected chi connectivity index (χ1v) is 12.1. The summed E-state index contributed by atoms with van der Waals surface area (Å²) in [5.74, 6) is -0.235. The second kappa shape index (κ2) is 19.9. The average Bonchev–Trinajstić information content (AvgIpc) is 2.80. The van der Waals surface area contributed by atoms with Crippen molar-refractivity contribution in [2.45, 2.75) is 70.6 Å². The normalized spacial score (nSPS) is 12.0. The molecule has 1 amide bonds. The molecule has 1 aromatic carbocycles. The lowest BCUT2D eigenvalue weighted by Gasteiger charge is -2.06. The van der Waals surface area contributed by atoms with E-state index in [1.807, 2.05) is 0 Å². The third-order valence-electron chi connectivity index (χ3n) is 5.06. The molecule has 0 saturated carbocycles. The number of benzene rings is 1.